The standard InChI is InChI=1S/C30H25ClO5.Na/c31-26-17-25-24(30(33)34)14-15-35-28(25)18-29(26)36-23-12-10-21(11-13-23)27(32)7-3-4-19-8-9-20-5-1-2-6-22(20)16-19;/h1-2,5-6,8-13,16-18,24H,3-4,7,14-15H2,(H,33,34);/q;+1/p-1. The average Bonchev–Trinajstić information content (AvgIpc) is 2.89. The molecule has 1 atom stereocenters. The second-order valence-corrected chi connectivity index (χ2v) is 9.32. The van der Waals surface area contributed by atoms with Gasteiger partial charge in [0.05, 0.1) is 11.6 Å². The maximum absolute atomic E-state index is 12.7. The number of halogens is 1. The van der Waals surface area contributed by atoms with Crippen LogP contribution in [-0.2, 0) is 11.2 Å². The van der Waals surface area contributed by atoms with Crippen molar-refractivity contribution in [1.82, 2.24) is 0 Å². The molecule has 0 radical (unpaired) electrons. The Balaban J connectivity index is 0.00000320. The first-order valence-electron chi connectivity index (χ1n) is 11.9. The molecule has 0 aromatic heterocycles. The first-order chi connectivity index (χ1) is 17.5. The summed E-state index contributed by atoms with van der Waals surface area (Å²) in [6, 6.07) is 24.7. The number of carbonyl (C=O) groups excluding carboxylic acids is 2. The number of carboxylic acids is 1. The molecular weight excluding hydrogens is 499 g/mol. The quantitative estimate of drug-likeness (QED) is 0.262. The van der Waals surface area contributed by atoms with Gasteiger partial charge in [-0.2, -0.15) is 0 Å². The molecule has 1 aliphatic heterocycles. The molecule has 0 spiro atoms. The maximum Gasteiger partial charge on any atom is 1.00 e. The van der Waals surface area contributed by atoms with E-state index in [1.165, 1.54) is 16.3 Å². The van der Waals surface area contributed by atoms with Crippen LogP contribution in [0.2, 0.25) is 5.02 Å². The van der Waals surface area contributed by atoms with Gasteiger partial charge in [0, 0.05) is 35.5 Å². The molecule has 1 heterocycles. The first kappa shape index (κ1) is 27.2. The summed E-state index contributed by atoms with van der Waals surface area (Å²) in [6.07, 6.45) is 2.41. The Kier molecular flexibility index (Phi) is 8.93. The summed E-state index contributed by atoms with van der Waals surface area (Å²) in [5, 5.41) is 14.1. The molecule has 37 heavy (non-hydrogen) atoms. The fourth-order valence-electron chi connectivity index (χ4n) is 4.54. The van der Waals surface area contributed by atoms with E-state index in [0.717, 1.165) is 12.8 Å². The zero-order valence-corrected chi connectivity index (χ0v) is 23.3. The van der Waals surface area contributed by atoms with Crippen molar-refractivity contribution >= 4 is 34.1 Å². The minimum absolute atomic E-state index is 0. The van der Waals surface area contributed by atoms with Crippen LogP contribution in [-0.4, -0.2) is 18.4 Å². The van der Waals surface area contributed by atoms with Gasteiger partial charge in [0.1, 0.15) is 17.2 Å². The van der Waals surface area contributed by atoms with E-state index in [4.69, 9.17) is 21.1 Å². The van der Waals surface area contributed by atoms with Crippen molar-refractivity contribution in [3.05, 3.63) is 101 Å². The fraction of sp³-hybridized carbons (Fsp3) is 0.200. The molecule has 4 aromatic carbocycles. The van der Waals surface area contributed by atoms with Crippen molar-refractivity contribution in [1.29, 1.82) is 0 Å². The number of carboxylic acid groups (broad SMARTS) is 1. The van der Waals surface area contributed by atoms with E-state index in [9.17, 15) is 14.7 Å². The third-order valence-electron chi connectivity index (χ3n) is 6.48. The predicted octanol–water partition coefficient (Wildman–Crippen LogP) is 3.11. The van der Waals surface area contributed by atoms with Crippen molar-refractivity contribution in [2.75, 3.05) is 6.61 Å². The van der Waals surface area contributed by atoms with Gasteiger partial charge < -0.3 is 19.4 Å². The van der Waals surface area contributed by atoms with Crippen molar-refractivity contribution < 1.29 is 53.7 Å². The van der Waals surface area contributed by atoms with Gasteiger partial charge >= 0.3 is 29.6 Å². The summed E-state index contributed by atoms with van der Waals surface area (Å²) in [5.41, 5.74) is 2.34. The number of ketones is 1. The van der Waals surface area contributed by atoms with Crippen LogP contribution in [0.3, 0.4) is 0 Å². The summed E-state index contributed by atoms with van der Waals surface area (Å²) in [7, 11) is 0. The normalized spacial score (nSPS) is 14.2. The summed E-state index contributed by atoms with van der Waals surface area (Å²) in [5.74, 6) is -0.543. The number of ether oxygens (including phenoxy) is 2. The minimum atomic E-state index is -1.15. The summed E-state index contributed by atoms with van der Waals surface area (Å²) >= 11 is 6.35. The second kappa shape index (κ2) is 12.1. The van der Waals surface area contributed by atoms with E-state index in [0.29, 0.717) is 41.2 Å². The SMILES string of the molecule is O=C(CCCc1ccc2ccccc2c1)c1ccc(Oc2cc3c(cc2Cl)C(C(=O)[O-])CCO3)cc1.[Na+]. The largest absolute Gasteiger partial charge is 1.00 e. The van der Waals surface area contributed by atoms with Gasteiger partial charge in [0.15, 0.2) is 5.78 Å². The molecule has 1 aliphatic rings. The number of carbonyl (C=O) groups is 2. The molecule has 5 rings (SSSR count). The van der Waals surface area contributed by atoms with Crippen molar-refractivity contribution in [3.8, 4) is 17.2 Å². The topological polar surface area (TPSA) is 75.7 Å². The van der Waals surface area contributed by atoms with Crippen LogP contribution in [0.25, 0.3) is 10.8 Å². The molecule has 0 amide bonds. The molecule has 0 saturated carbocycles. The zero-order chi connectivity index (χ0) is 25.1. The number of benzene rings is 4. The van der Waals surface area contributed by atoms with Gasteiger partial charge in [-0.05, 0) is 65.9 Å². The molecule has 7 heteroatoms. The molecule has 5 nitrogen and oxygen atoms in total. The van der Waals surface area contributed by atoms with Gasteiger partial charge in [-0.25, -0.2) is 0 Å². The Morgan fingerprint density at radius 1 is 0.973 bits per heavy atom. The van der Waals surface area contributed by atoms with Gasteiger partial charge in [-0.1, -0.05) is 54.1 Å². The molecule has 0 N–H and O–H groups in total. The molecule has 0 fully saturated rings. The van der Waals surface area contributed by atoms with E-state index >= 15 is 0 Å². The Bertz CT molecular complexity index is 1430. The molecular formula is C30H24ClNaO5. The van der Waals surface area contributed by atoms with E-state index in [1.807, 2.05) is 12.1 Å². The van der Waals surface area contributed by atoms with Gasteiger partial charge in [-0.3, -0.25) is 4.79 Å². The van der Waals surface area contributed by atoms with Crippen molar-refractivity contribution in [2.45, 2.75) is 31.6 Å². The summed E-state index contributed by atoms with van der Waals surface area (Å²) < 4.78 is 11.5. The number of aliphatic carboxylic acids is 1. The van der Waals surface area contributed by atoms with Gasteiger partial charge in [-0.15, -0.1) is 0 Å². The molecule has 0 saturated heterocycles. The summed E-state index contributed by atoms with van der Waals surface area (Å²) in [6.45, 7) is 0.282. The molecule has 4 aromatic rings. The zero-order valence-electron chi connectivity index (χ0n) is 20.5. The Morgan fingerprint density at radius 2 is 1.73 bits per heavy atom. The number of hydrogen-bond acceptors (Lipinski definition) is 5. The fourth-order valence-corrected chi connectivity index (χ4v) is 4.75. The molecule has 182 valence electrons. The van der Waals surface area contributed by atoms with Crippen LogP contribution in [0.5, 0.6) is 17.2 Å². The Hall–Kier alpha value is -2.83. The Labute approximate surface area is 242 Å². The van der Waals surface area contributed by atoms with Crippen molar-refractivity contribution in [3.63, 3.8) is 0 Å². The Morgan fingerprint density at radius 3 is 2.49 bits per heavy atom. The third-order valence-corrected chi connectivity index (χ3v) is 6.77. The minimum Gasteiger partial charge on any atom is -0.549 e. The van der Waals surface area contributed by atoms with Gasteiger partial charge in [0.2, 0.25) is 0 Å². The monoisotopic (exact) mass is 522 g/mol. The third kappa shape index (κ3) is 6.36. The van der Waals surface area contributed by atoms with Crippen LogP contribution >= 0.6 is 11.6 Å². The van der Waals surface area contributed by atoms with Crippen molar-refractivity contribution in [2.24, 2.45) is 0 Å². The van der Waals surface area contributed by atoms with Crippen LogP contribution < -0.4 is 44.1 Å². The van der Waals surface area contributed by atoms with Crippen LogP contribution in [0.1, 0.15) is 46.7 Å². The van der Waals surface area contributed by atoms with E-state index < -0.39 is 11.9 Å². The first-order valence-corrected chi connectivity index (χ1v) is 12.3. The maximum atomic E-state index is 12.7. The number of aryl methyl sites for hydroxylation is 1. The van der Waals surface area contributed by atoms with Gasteiger partial charge in [0.25, 0.3) is 0 Å². The number of hydrogen-bond donors (Lipinski definition) is 0. The van der Waals surface area contributed by atoms with E-state index in [2.05, 4.69) is 30.3 Å². The van der Waals surface area contributed by atoms with E-state index in [-0.39, 0.29) is 47.0 Å². The molecule has 0 bridgehead atoms. The number of fused-ring (bicyclic) bond motifs is 2. The van der Waals surface area contributed by atoms with Crippen LogP contribution in [0.4, 0.5) is 0 Å². The smallest absolute Gasteiger partial charge is 0.549 e. The summed E-state index contributed by atoms with van der Waals surface area (Å²) in [4.78, 5) is 24.1. The molecule has 0 aliphatic carbocycles. The predicted molar refractivity (Wildman–Crippen MR) is 137 cm³/mol. The second-order valence-electron chi connectivity index (χ2n) is 8.91. The number of Topliss-reactive ketones (excluding diaryl/α,β-unsaturated/α-hetero) is 1. The van der Waals surface area contributed by atoms with E-state index in [1.54, 1.807) is 36.4 Å². The average molecular weight is 523 g/mol. The molecule has 1 unspecified atom stereocenters. The van der Waals surface area contributed by atoms with Crippen LogP contribution in [0.15, 0.2) is 78.9 Å². The number of rotatable bonds is 8. The van der Waals surface area contributed by atoms with Crippen LogP contribution in [0, 0.1) is 0 Å².